The van der Waals surface area contributed by atoms with Gasteiger partial charge >= 0.3 is 0 Å². The number of hydrogen-bond donors (Lipinski definition) is 0. The molecule has 0 aliphatic carbocycles. The van der Waals surface area contributed by atoms with E-state index in [1.165, 1.54) is 11.3 Å². The third-order valence-corrected chi connectivity index (χ3v) is 3.38. The van der Waals surface area contributed by atoms with Crippen molar-refractivity contribution in [3.05, 3.63) is 15.0 Å². The molecule has 5 heteroatoms. The summed E-state index contributed by atoms with van der Waals surface area (Å²) in [6.45, 7) is 3.64. The number of carbonyl (C=O) groups is 2. The monoisotopic (exact) mass is 259 g/mol. The van der Waals surface area contributed by atoms with Gasteiger partial charge in [-0.05, 0) is 13.3 Å². The second kappa shape index (κ2) is 6.11. The molecule has 0 aliphatic rings. The fourth-order valence-corrected chi connectivity index (χ4v) is 2.45. The van der Waals surface area contributed by atoms with Crippen molar-refractivity contribution in [3.8, 4) is 0 Å². The summed E-state index contributed by atoms with van der Waals surface area (Å²) < 4.78 is 0.448. The third kappa shape index (κ3) is 3.68. The minimum absolute atomic E-state index is 0.0711. The molecule has 88 valence electrons. The quantitative estimate of drug-likeness (QED) is 0.736. The Bertz CT molecular complexity index is 401. The van der Waals surface area contributed by atoms with E-state index >= 15 is 0 Å². The van der Waals surface area contributed by atoms with Crippen molar-refractivity contribution >= 4 is 34.5 Å². The van der Waals surface area contributed by atoms with Crippen LogP contribution in [0.2, 0.25) is 4.34 Å². The lowest BCUT2D eigenvalue weighted by atomic mass is 10.1. The zero-order valence-corrected chi connectivity index (χ0v) is 11.0. The van der Waals surface area contributed by atoms with E-state index in [0.29, 0.717) is 35.7 Å². The van der Waals surface area contributed by atoms with Gasteiger partial charge in [0.2, 0.25) is 0 Å². The maximum Gasteiger partial charge on any atom is 0.183 e. The molecule has 0 fully saturated rings. The highest BCUT2D eigenvalue weighted by atomic mass is 35.5. The van der Waals surface area contributed by atoms with E-state index < -0.39 is 0 Å². The zero-order chi connectivity index (χ0) is 12.1. The normalized spacial score (nSPS) is 10.4. The Balaban J connectivity index is 2.47. The number of halogens is 1. The van der Waals surface area contributed by atoms with Gasteiger partial charge in [-0.3, -0.25) is 9.59 Å². The second-order valence-corrected chi connectivity index (χ2v) is 5.33. The van der Waals surface area contributed by atoms with Gasteiger partial charge in [-0.25, -0.2) is 4.98 Å². The Morgan fingerprint density at radius 1 is 1.38 bits per heavy atom. The lowest BCUT2D eigenvalue weighted by Gasteiger charge is -1.97. The first-order chi connectivity index (χ1) is 7.54. The van der Waals surface area contributed by atoms with E-state index in [4.69, 9.17) is 11.6 Å². The molecule has 16 heavy (non-hydrogen) atoms. The highest BCUT2D eigenvalue weighted by molar-refractivity contribution is 7.16. The van der Waals surface area contributed by atoms with Crippen molar-refractivity contribution in [2.45, 2.75) is 39.5 Å². The first kappa shape index (κ1) is 13.3. The van der Waals surface area contributed by atoms with Gasteiger partial charge in [-0.2, -0.15) is 0 Å². The summed E-state index contributed by atoms with van der Waals surface area (Å²) in [5.41, 5.74) is 0.355. The van der Waals surface area contributed by atoms with Crippen LogP contribution in [-0.4, -0.2) is 16.6 Å². The van der Waals surface area contributed by atoms with E-state index in [1.54, 1.807) is 0 Å². The molecule has 0 bridgehead atoms. The molecular weight excluding hydrogens is 246 g/mol. The molecule has 3 nitrogen and oxygen atoms in total. The number of ketones is 2. The molecule has 0 amide bonds. The standard InChI is InChI=1S/C11H14ClNO2S/c1-3-8(14)5-4-6-9(15)10-11(12)16-7(2)13-10/h3-6H2,1-2H3. The van der Waals surface area contributed by atoms with Gasteiger partial charge in [0.15, 0.2) is 5.78 Å². The topological polar surface area (TPSA) is 47.0 Å². The van der Waals surface area contributed by atoms with Gasteiger partial charge in [0.25, 0.3) is 0 Å². The predicted molar refractivity (Wildman–Crippen MR) is 65.3 cm³/mol. The SMILES string of the molecule is CCC(=O)CCCC(=O)c1nc(C)sc1Cl. The van der Waals surface area contributed by atoms with E-state index in [0.717, 1.165) is 5.01 Å². The van der Waals surface area contributed by atoms with Crippen LogP contribution in [0.15, 0.2) is 0 Å². The van der Waals surface area contributed by atoms with Crippen molar-refractivity contribution in [3.63, 3.8) is 0 Å². The van der Waals surface area contributed by atoms with Crippen molar-refractivity contribution < 1.29 is 9.59 Å². The Morgan fingerprint density at radius 3 is 2.56 bits per heavy atom. The van der Waals surface area contributed by atoms with Gasteiger partial charge < -0.3 is 0 Å². The number of hydrogen-bond acceptors (Lipinski definition) is 4. The molecule has 0 aromatic carbocycles. The van der Waals surface area contributed by atoms with Gasteiger partial charge in [-0.1, -0.05) is 18.5 Å². The molecule has 0 saturated carbocycles. The minimum atomic E-state index is -0.0711. The van der Waals surface area contributed by atoms with Crippen LogP contribution >= 0.6 is 22.9 Å². The summed E-state index contributed by atoms with van der Waals surface area (Å²) in [4.78, 5) is 26.8. The molecule has 0 N–H and O–H groups in total. The molecule has 1 heterocycles. The molecule has 0 unspecified atom stereocenters. The maximum atomic E-state index is 11.7. The largest absolute Gasteiger partial charge is 0.300 e. The smallest absolute Gasteiger partial charge is 0.183 e. The highest BCUT2D eigenvalue weighted by Gasteiger charge is 2.15. The van der Waals surface area contributed by atoms with Crippen molar-refractivity contribution in [1.82, 2.24) is 4.98 Å². The van der Waals surface area contributed by atoms with Gasteiger partial charge in [-0.15, -0.1) is 11.3 Å². The Kier molecular flexibility index (Phi) is 5.09. The second-order valence-electron chi connectivity index (χ2n) is 3.52. The summed E-state index contributed by atoms with van der Waals surface area (Å²) in [5, 5.41) is 0.790. The number of aromatic nitrogens is 1. The summed E-state index contributed by atoms with van der Waals surface area (Å²) in [6.07, 6.45) is 1.92. The molecule has 0 radical (unpaired) electrons. The van der Waals surface area contributed by atoms with Gasteiger partial charge in [0.05, 0.1) is 5.01 Å². The highest BCUT2D eigenvalue weighted by Crippen LogP contribution is 2.25. The third-order valence-electron chi connectivity index (χ3n) is 2.21. The molecular formula is C11H14ClNO2S. The molecule has 0 aliphatic heterocycles. The van der Waals surface area contributed by atoms with Crippen LogP contribution in [0.1, 0.15) is 48.1 Å². The first-order valence-electron chi connectivity index (χ1n) is 5.22. The number of rotatable bonds is 6. The van der Waals surface area contributed by atoms with E-state index in [-0.39, 0.29) is 11.6 Å². The van der Waals surface area contributed by atoms with E-state index in [2.05, 4.69) is 4.98 Å². The Labute approximate surface area is 104 Å². The van der Waals surface area contributed by atoms with E-state index in [9.17, 15) is 9.59 Å². The number of nitrogens with zero attached hydrogens (tertiary/aromatic N) is 1. The Hall–Kier alpha value is -0.740. The van der Waals surface area contributed by atoms with E-state index in [1.807, 2.05) is 13.8 Å². The van der Waals surface area contributed by atoms with Crippen molar-refractivity contribution in [2.75, 3.05) is 0 Å². The minimum Gasteiger partial charge on any atom is -0.300 e. The summed E-state index contributed by atoms with van der Waals surface area (Å²) in [5.74, 6) is 0.117. The van der Waals surface area contributed by atoms with Crippen LogP contribution in [0.4, 0.5) is 0 Å². The van der Waals surface area contributed by atoms with Crippen molar-refractivity contribution in [2.24, 2.45) is 0 Å². The van der Waals surface area contributed by atoms with Crippen LogP contribution in [0.5, 0.6) is 0 Å². The maximum absolute atomic E-state index is 11.7. The van der Waals surface area contributed by atoms with Crippen LogP contribution in [-0.2, 0) is 4.79 Å². The Morgan fingerprint density at radius 2 is 2.06 bits per heavy atom. The summed E-state index contributed by atoms with van der Waals surface area (Å²) in [7, 11) is 0. The molecule has 1 aromatic heterocycles. The molecule has 1 aromatic rings. The van der Waals surface area contributed by atoms with Crippen molar-refractivity contribution in [1.29, 1.82) is 0 Å². The zero-order valence-electron chi connectivity index (χ0n) is 9.38. The number of Topliss-reactive ketones (excluding diaryl/α,β-unsaturated/α-hetero) is 2. The van der Waals surface area contributed by atoms with Crippen LogP contribution in [0.3, 0.4) is 0 Å². The average Bonchev–Trinajstić information content (AvgIpc) is 2.57. The fraction of sp³-hybridized carbons (Fsp3) is 0.545. The number of thiazole rings is 1. The van der Waals surface area contributed by atoms with Gasteiger partial charge in [0, 0.05) is 19.3 Å². The summed E-state index contributed by atoms with van der Waals surface area (Å²) in [6, 6.07) is 0. The lowest BCUT2D eigenvalue weighted by molar-refractivity contribution is -0.118. The predicted octanol–water partition coefficient (Wildman–Crippen LogP) is 3.44. The molecule has 1 rings (SSSR count). The van der Waals surface area contributed by atoms with Crippen LogP contribution in [0, 0.1) is 6.92 Å². The lowest BCUT2D eigenvalue weighted by Crippen LogP contribution is -2.02. The number of carbonyl (C=O) groups excluding carboxylic acids is 2. The molecule has 0 spiro atoms. The number of aryl methyl sites for hydroxylation is 1. The van der Waals surface area contributed by atoms with Crippen LogP contribution < -0.4 is 0 Å². The average molecular weight is 260 g/mol. The molecule has 0 saturated heterocycles. The fourth-order valence-electron chi connectivity index (χ4n) is 1.32. The van der Waals surface area contributed by atoms with Gasteiger partial charge in [0.1, 0.15) is 15.8 Å². The summed E-state index contributed by atoms with van der Waals surface area (Å²) >= 11 is 7.19. The first-order valence-corrected chi connectivity index (χ1v) is 6.41. The van der Waals surface area contributed by atoms with Crippen LogP contribution in [0.25, 0.3) is 0 Å². The molecule has 0 atom stereocenters.